The molecule has 2 nitrogen and oxygen atoms in total. The molecule has 7 unspecified atom stereocenters. The van der Waals surface area contributed by atoms with Crippen LogP contribution in [0.3, 0.4) is 0 Å². The lowest BCUT2D eigenvalue weighted by atomic mass is 9.62. The molecule has 3 aliphatic carbocycles. The molecule has 2 N–H and O–H groups in total. The average Bonchev–Trinajstić information content (AvgIpc) is 3.04. The van der Waals surface area contributed by atoms with Crippen molar-refractivity contribution >= 4 is 0 Å². The minimum atomic E-state index is -0.504. The fraction of sp³-hybridized carbons (Fsp3) is 0.714. The molecule has 0 aliphatic heterocycles. The number of allylic oxidation sites excluding steroid dienone is 6. The third kappa shape index (κ3) is 4.86. The van der Waals surface area contributed by atoms with E-state index in [2.05, 4.69) is 65.0 Å². The second-order valence-corrected chi connectivity index (χ2v) is 11.0. The van der Waals surface area contributed by atoms with Gasteiger partial charge in [0.2, 0.25) is 0 Å². The number of hydrogen-bond acceptors (Lipinski definition) is 2. The maximum atomic E-state index is 10.2. The Morgan fingerprint density at radius 1 is 1.07 bits per heavy atom. The van der Waals surface area contributed by atoms with E-state index in [1.54, 1.807) is 0 Å². The van der Waals surface area contributed by atoms with Gasteiger partial charge < -0.3 is 10.2 Å². The Bertz CT molecular complexity index is 725. The van der Waals surface area contributed by atoms with E-state index in [0.29, 0.717) is 41.9 Å². The third-order valence-electron chi connectivity index (χ3n) is 8.71. The molecule has 0 aromatic carbocycles. The maximum Gasteiger partial charge on any atom is 0.0777 e. The lowest BCUT2D eigenvalue weighted by Gasteiger charge is -2.42. The number of hydrogen-bond donors (Lipinski definition) is 2. The van der Waals surface area contributed by atoms with Crippen molar-refractivity contribution in [3.05, 3.63) is 47.1 Å². The van der Waals surface area contributed by atoms with Crippen LogP contribution in [0.4, 0.5) is 0 Å². The maximum absolute atomic E-state index is 10.2. The minimum absolute atomic E-state index is 0.369. The van der Waals surface area contributed by atoms with Gasteiger partial charge in [0.25, 0.3) is 0 Å². The molecule has 0 heterocycles. The first-order chi connectivity index (χ1) is 14.1. The van der Waals surface area contributed by atoms with Crippen LogP contribution in [0.1, 0.15) is 80.1 Å². The smallest absolute Gasteiger partial charge is 0.0777 e. The summed E-state index contributed by atoms with van der Waals surface area (Å²) in [5.41, 5.74) is 3.99. The van der Waals surface area contributed by atoms with E-state index < -0.39 is 12.2 Å². The summed E-state index contributed by atoms with van der Waals surface area (Å²) >= 11 is 0. The molecule has 0 saturated heterocycles. The normalized spacial score (nSPS) is 37.2. The van der Waals surface area contributed by atoms with Gasteiger partial charge in [0.15, 0.2) is 0 Å². The fourth-order valence-corrected chi connectivity index (χ4v) is 6.16. The summed E-state index contributed by atoms with van der Waals surface area (Å²) < 4.78 is 0. The molecule has 3 aliphatic rings. The van der Waals surface area contributed by atoms with Crippen LogP contribution < -0.4 is 0 Å². The Balaban J connectivity index is 1.74. The molecule has 168 valence electrons. The predicted octanol–water partition coefficient (Wildman–Crippen LogP) is 6.61. The monoisotopic (exact) mass is 412 g/mol. The van der Waals surface area contributed by atoms with Gasteiger partial charge in [0.1, 0.15) is 0 Å². The largest absolute Gasteiger partial charge is 0.393 e. The Hall–Kier alpha value is -1.12. The Kier molecular flexibility index (Phi) is 7.51. The molecule has 1 saturated carbocycles. The van der Waals surface area contributed by atoms with Crippen molar-refractivity contribution in [2.45, 2.75) is 92.3 Å². The molecule has 0 bridgehead atoms. The zero-order valence-electron chi connectivity index (χ0n) is 20.1. The van der Waals surface area contributed by atoms with Gasteiger partial charge in [-0.3, -0.25) is 0 Å². The number of rotatable bonds is 6. The first kappa shape index (κ1) is 23.5. The van der Waals surface area contributed by atoms with E-state index in [0.717, 1.165) is 23.5 Å². The van der Waals surface area contributed by atoms with E-state index in [1.807, 2.05) is 6.92 Å². The summed E-state index contributed by atoms with van der Waals surface area (Å²) in [4.78, 5) is 0. The van der Waals surface area contributed by atoms with Crippen molar-refractivity contribution in [2.24, 2.45) is 35.0 Å². The summed E-state index contributed by atoms with van der Waals surface area (Å²) in [5, 5.41) is 20.3. The van der Waals surface area contributed by atoms with Gasteiger partial charge in [-0.2, -0.15) is 0 Å². The summed E-state index contributed by atoms with van der Waals surface area (Å²) in [6.07, 6.45) is 17.1. The topological polar surface area (TPSA) is 40.5 Å². The van der Waals surface area contributed by atoms with Gasteiger partial charge in [-0.25, -0.2) is 0 Å². The van der Waals surface area contributed by atoms with Crippen molar-refractivity contribution in [1.82, 2.24) is 0 Å². The van der Waals surface area contributed by atoms with Gasteiger partial charge >= 0.3 is 0 Å². The Labute approximate surface area is 184 Å². The Morgan fingerprint density at radius 3 is 2.50 bits per heavy atom. The molecule has 30 heavy (non-hydrogen) atoms. The van der Waals surface area contributed by atoms with Crippen LogP contribution in [-0.4, -0.2) is 22.4 Å². The van der Waals surface area contributed by atoms with Crippen LogP contribution in [-0.2, 0) is 0 Å². The first-order valence-electron chi connectivity index (χ1n) is 12.3. The zero-order chi connectivity index (χ0) is 22.1. The summed E-state index contributed by atoms with van der Waals surface area (Å²) in [6, 6.07) is 0. The first-order valence-corrected chi connectivity index (χ1v) is 12.3. The van der Waals surface area contributed by atoms with E-state index >= 15 is 0 Å². The second-order valence-electron chi connectivity index (χ2n) is 11.0. The highest BCUT2D eigenvalue weighted by Crippen LogP contribution is 2.58. The molecule has 0 aromatic rings. The van der Waals surface area contributed by atoms with Crippen LogP contribution in [0.5, 0.6) is 0 Å². The molecule has 0 radical (unpaired) electrons. The lowest BCUT2D eigenvalue weighted by molar-refractivity contribution is 0.0879. The molecular formula is C28H44O2. The van der Waals surface area contributed by atoms with Crippen LogP contribution >= 0.6 is 0 Å². The van der Waals surface area contributed by atoms with Crippen molar-refractivity contribution < 1.29 is 10.2 Å². The van der Waals surface area contributed by atoms with Crippen LogP contribution in [0.25, 0.3) is 0 Å². The average molecular weight is 413 g/mol. The highest BCUT2D eigenvalue weighted by atomic mass is 16.3. The van der Waals surface area contributed by atoms with Crippen LogP contribution in [0, 0.1) is 35.0 Å². The summed E-state index contributed by atoms with van der Waals surface area (Å²) in [7, 11) is 0. The van der Waals surface area contributed by atoms with E-state index in [-0.39, 0.29) is 0 Å². The van der Waals surface area contributed by atoms with Crippen LogP contribution in [0.2, 0.25) is 0 Å². The molecule has 0 amide bonds. The highest BCUT2D eigenvalue weighted by Gasteiger charge is 2.49. The Morgan fingerprint density at radius 2 is 1.80 bits per heavy atom. The van der Waals surface area contributed by atoms with Crippen LogP contribution in [0.15, 0.2) is 47.1 Å². The van der Waals surface area contributed by atoms with Gasteiger partial charge in [0, 0.05) is 6.42 Å². The standard InChI is InChI=1S/C28H44O2/c1-18(2)19(3)9-10-20(4)25-13-14-26-22(8-7-15-28(25,26)6)11-12-23-16-24(29)17-27(30)21(23)5/h8-12,18-20,24-27,29-30H,7,13-17H2,1-6H3/b10-9+,12-11+. The highest BCUT2D eigenvalue weighted by molar-refractivity contribution is 5.37. The quantitative estimate of drug-likeness (QED) is 0.482. The van der Waals surface area contributed by atoms with Crippen molar-refractivity contribution in [2.75, 3.05) is 0 Å². The van der Waals surface area contributed by atoms with Crippen molar-refractivity contribution in [3.8, 4) is 0 Å². The molecule has 0 spiro atoms. The SMILES string of the molecule is CC1=C(/C=C/C2=CCCC3(C)C2CCC3C(C)/C=C/C(C)C(C)C)CC(O)CC1O. The minimum Gasteiger partial charge on any atom is -0.393 e. The van der Waals surface area contributed by atoms with Crippen molar-refractivity contribution in [1.29, 1.82) is 0 Å². The van der Waals surface area contributed by atoms with E-state index in [1.165, 1.54) is 24.8 Å². The van der Waals surface area contributed by atoms with Crippen molar-refractivity contribution in [3.63, 3.8) is 0 Å². The predicted molar refractivity (Wildman–Crippen MR) is 127 cm³/mol. The number of aliphatic hydroxyl groups is 2. The molecule has 7 atom stereocenters. The van der Waals surface area contributed by atoms with Gasteiger partial charge in [-0.15, -0.1) is 0 Å². The van der Waals surface area contributed by atoms with E-state index in [4.69, 9.17) is 0 Å². The lowest BCUT2D eigenvalue weighted by Crippen LogP contribution is -2.34. The molecular weight excluding hydrogens is 368 g/mol. The number of aliphatic hydroxyl groups excluding tert-OH is 2. The number of fused-ring (bicyclic) bond motifs is 1. The molecule has 0 aromatic heterocycles. The van der Waals surface area contributed by atoms with Gasteiger partial charge in [-0.05, 0) is 90.8 Å². The van der Waals surface area contributed by atoms with Gasteiger partial charge in [0.05, 0.1) is 12.2 Å². The summed E-state index contributed by atoms with van der Waals surface area (Å²) in [6.45, 7) is 13.9. The second kappa shape index (κ2) is 9.57. The molecule has 3 rings (SSSR count). The zero-order valence-corrected chi connectivity index (χ0v) is 20.1. The fourth-order valence-electron chi connectivity index (χ4n) is 6.16. The van der Waals surface area contributed by atoms with E-state index in [9.17, 15) is 10.2 Å². The van der Waals surface area contributed by atoms with Gasteiger partial charge in [-0.1, -0.05) is 65.0 Å². The molecule has 1 fully saturated rings. The summed E-state index contributed by atoms with van der Waals surface area (Å²) in [5.74, 6) is 3.34. The molecule has 2 heteroatoms. The third-order valence-corrected chi connectivity index (χ3v) is 8.71.